The first-order valence-electron chi connectivity index (χ1n) is 11.9. The highest BCUT2D eigenvalue weighted by Crippen LogP contribution is 2.49. The molecule has 2 N–H and O–H groups in total. The number of aliphatic hydroxyl groups is 1. The quantitative estimate of drug-likeness (QED) is 0.731. The maximum atomic E-state index is 14.5. The average Bonchev–Trinajstić information content (AvgIpc) is 3.25. The van der Waals surface area contributed by atoms with Crippen LogP contribution >= 0.6 is 0 Å². The summed E-state index contributed by atoms with van der Waals surface area (Å²) in [5.74, 6) is -0.106. The Kier molecular flexibility index (Phi) is 5.80. The van der Waals surface area contributed by atoms with Gasteiger partial charge in [-0.25, -0.2) is 9.18 Å². The fourth-order valence-corrected chi connectivity index (χ4v) is 6.05. The average molecular weight is 438 g/mol. The lowest BCUT2D eigenvalue weighted by atomic mass is 9.81. The highest BCUT2D eigenvalue weighted by atomic mass is 19.1. The molecule has 2 amide bonds. The number of halogens is 1. The molecule has 2 aromatic carbocycles. The van der Waals surface area contributed by atoms with Crippen LogP contribution in [-0.2, 0) is 0 Å². The predicted octanol–water partition coefficient (Wildman–Crippen LogP) is 4.71. The minimum atomic E-state index is -0.250. The summed E-state index contributed by atoms with van der Waals surface area (Å²) in [7, 11) is 2.00. The number of hydrogen-bond acceptors (Lipinski definition) is 3. The predicted molar refractivity (Wildman–Crippen MR) is 124 cm³/mol. The molecule has 5 nitrogen and oxygen atoms in total. The van der Waals surface area contributed by atoms with Crippen LogP contribution in [0.4, 0.5) is 14.9 Å². The molecule has 2 heterocycles. The molecule has 2 aromatic rings. The number of rotatable bonds is 3. The molecular formula is C26H32FN3O2. The second-order valence-corrected chi connectivity index (χ2v) is 9.49. The van der Waals surface area contributed by atoms with Crippen molar-refractivity contribution in [3.05, 3.63) is 53.8 Å². The molecular weight excluding hydrogens is 405 g/mol. The van der Waals surface area contributed by atoms with Crippen molar-refractivity contribution in [3.63, 3.8) is 0 Å². The van der Waals surface area contributed by atoms with E-state index in [1.807, 2.05) is 36.2 Å². The molecule has 170 valence electrons. The Morgan fingerprint density at radius 2 is 1.91 bits per heavy atom. The SMILES string of the molecule is CN1c2ccc(-c3ccccc3F)cc2[C@@H]2[C@@H](CCN2C(=O)NC2CCCCC2)[C@H]1CO. The number of carbonyl (C=O) groups excluding carboxylic acids is 1. The van der Waals surface area contributed by atoms with E-state index in [0.717, 1.165) is 36.1 Å². The van der Waals surface area contributed by atoms with E-state index in [1.54, 1.807) is 12.1 Å². The largest absolute Gasteiger partial charge is 0.394 e. The summed E-state index contributed by atoms with van der Waals surface area (Å²) in [6.07, 6.45) is 6.53. The van der Waals surface area contributed by atoms with Crippen LogP contribution in [0.15, 0.2) is 42.5 Å². The third-order valence-electron chi connectivity index (χ3n) is 7.73. The van der Waals surface area contributed by atoms with Gasteiger partial charge in [-0.15, -0.1) is 0 Å². The van der Waals surface area contributed by atoms with Gasteiger partial charge in [-0.2, -0.15) is 0 Å². The van der Waals surface area contributed by atoms with E-state index in [4.69, 9.17) is 0 Å². The molecule has 3 aliphatic rings. The molecule has 0 unspecified atom stereocenters. The first kappa shape index (κ1) is 21.3. The molecule has 0 radical (unpaired) electrons. The van der Waals surface area contributed by atoms with E-state index in [-0.39, 0.29) is 42.5 Å². The summed E-state index contributed by atoms with van der Waals surface area (Å²) in [6.45, 7) is 0.714. The molecule has 2 aliphatic heterocycles. The second-order valence-electron chi connectivity index (χ2n) is 9.49. The number of fused-ring (bicyclic) bond motifs is 3. The lowest BCUT2D eigenvalue weighted by molar-refractivity contribution is 0.156. The molecule has 32 heavy (non-hydrogen) atoms. The number of likely N-dealkylation sites (N-methyl/N-ethyl adjacent to an activating group) is 1. The molecule has 1 saturated heterocycles. The van der Waals surface area contributed by atoms with Crippen LogP contribution in [0.2, 0.25) is 0 Å². The van der Waals surface area contributed by atoms with Gasteiger partial charge in [-0.1, -0.05) is 43.5 Å². The zero-order valence-corrected chi connectivity index (χ0v) is 18.6. The van der Waals surface area contributed by atoms with Gasteiger partial charge in [0.25, 0.3) is 0 Å². The normalized spacial score (nSPS) is 25.4. The Balaban J connectivity index is 1.51. The van der Waals surface area contributed by atoms with Crippen molar-refractivity contribution in [2.45, 2.75) is 56.7 Å². The Labute approximate surface area is 189 Å². The molecule has 5 rings (SSSR count). The number of urea groups is 1. The van der Waals surface area contributed by atoms with Crippen molar-refractivity contribution in [2.75, 3.05) is 25.1 Å². The molecule has 1 aliphatic carbocycles. The zero-order chi connectivity index (χ0) is 22.2. The van der Waals surface area contributed by atoms with Crippen LogP contribution < -0.4 is 10.2 Å². The van der Waals surface area contributed by atoms with Gasteiger partial charge in [0.2, 0.25) is 0 Å². The standard InChI is InChI=1S/C26H32FN3O2/c1-29-23-12-11-17(19-9-5-6-10-22(19)27)15-21(23)25-20(24(29)16-31)13-14-30(25)26(32)28-18-7-3-2-4-8-18/h5-6,9-12,15,18,20,24-25,31H,2-4,7-8,13-14,16H2,1H3,(H,28,32)/t20-,24+,25-/m0/s1. The summed E-state index contributed by atoms with van der Waals surface area (Å²) >= 11 is 0. The van der Waals surface area contributed by atoms with Crippen LogP contribution in [0.1, 0.15) is 50.1 Å². The van der Waals surface area contributed by atoms with Crippen LogP contribution in [0.3, 0.4) is 0 Å². The first-order valence-corrected chi connectivity index (χ1v) is 11.9. The Hall–Kier alpha value is -2.60. The Morgan fingerprint density at radius 3 is 2.66 bits per heavy atom. The lowest BCUT2D eigenvalue weighted by Gasteiger charge is -2.44. The van der Waals surface area contributed by atoms with Crippen molar-refractivity contribution in [1.82, 2.24) is 10.2 Å². The Bertz CT molecular complexity index is 991. The number of carbonyl (C=O) groups is 1. The van der Waals surface area contributed by atoms with Crippen molar-refractivity contribution in [3.8, 4) is 11.1 Å². The molecule has 0 bridgehead atoms. The van der Waals surface area contributed by atoms with Gasteiger partial charge in [-0.05, 0) is 48.6 Å². The first-order chi connectivity index (χ1) is 15.6. The van der Waals surface area contributed by atoms with Crippen molar-refractivity contribution in [1.29, 1.82) is 0 Å². The number of nitrogens with zero attached hydrogens (tertiary/aromatic N) is 2. The zero-order valence-electron chi connectivity index (χ0n) is 18.6. The van der Waals surface area contributed by atoms with E-state index in [1.165, 1.54) is 25.3 Å². The maximum absolute atomic E-state index is 14.5. The fraction of sp³-hybridized carbons (Fsp3) is 0.500. The van der Waals surface area contributed by atoms with Gasteiger partial charge >= 0.3 is 6.03 Å². The number of benzene rings is 2. The van der Waals surface area contributed by atoms with Gasteiger partial charge in [-0.3, -0.25) is 0 Å². The van der Waals surface area contributed by atoms with E-state index in [9.17, 15) is 14.3 Å². The van der Waals surface area contributed by atoms with Crippen LogP contribution in [0.5, 0.6) is 0 Å². The lowest BCUT2D eigenvalue weighted by Crippen LogP contribution is -2.50. The van der Waals surface area contributed by atoms with E-state index < -0.39 is 0 Å². The summed E-state index contributed by atoms with van der Waals surface area (Å²) < 4.78 is 14.5. The smallest absolute Gasteiger partial charge is 0.318 e. The summed E-state index contributed by atoms with van der Waals surface area (Å²) in [4.78, 5) is 17.4. The van der Waals surface area contributed by atoms with E-state index in [0.29, 0.717) is 12.1 Å². The van der Waals surface area contributed by atoms with Crippen molar-refractivity contribution >= 4 is 11.7 Å². The van der Waals surface area contributed by atoms with Gasteiger partial charge in [0.1, 0.15) is 5.82 Å². The fourth-order valence-electron chi connectivity index (χ4n) is 6.05. The van der Waals surface area contributed by atoms with Crippen LogP contribution in [-0.4, -0.2) is 48.3 Å². The summed E-state index contributed by atoms with van der Waals surface area (Å²) in [6, 6.07) is 12.9. The molecule has 3 atom stereocenters. The number of anilines is 1. The van der Waals surface area contributed by atoms with Crippen LogP contribution in [0, 0.1) is 11.7 Å². The van der Waals surface area contributed by atoms with E-state index >= 15 is 0 Å². The van der Waals surface area contributed by atoms with Gasteiger partial charge in [0.15, 0.2) is 0 Å². The second kappa shape index (κ2) is 8.74. The third-order valence-corrected chi connectivity index (χ3v) is 7.73. The van der Waals surface area contributed by atoms with Gasteiger partial charge in [0, 0.05) is 36.8 Å². The molecule has 6 heteroatoms. The Morgan fingerprint density at radius 1 is 1.12 bits per heavy atom. The highest BCUT2D eigenvalue weighted by molar-refractivity contribution is 5.78. The number of likely N-dealkylation sites (tertiary alicyclic amines) is 1. The summed E-state index contributed by atoms with van der Waals surface area (Å²) in [5, 5.41) is 13.5. The molecule has 2 fully saturated rings. The summed E-state index contributed by atoms with van der Waals surface area (Å²) in [5.41, 5.74) is 3.42. The number of hydrogen-bond donors (Lipinski definition) is 2. The number of nitrogens with one attached hydrogen (secondary N) is 1. The monoisotopic (exact) mass is 437 g/mol. The van der Waals surface area contributed by atoms with Crippen molar-refractivity contribution in [2.24, 2.45) is 5.92 Å². The highest BCUT2D eigenvalue weighted by Gasteiger charge is 2.48. The third kappa shape index (κ3) is 3.64. The molecule has 1 saturated carbocycles. The minimum Gasteiger partial charge on any atom is -0.394 e. The van der Waals surface area contributed by atoms with Gasteiger partial charge in [0.05, 0.1) is 18.7 Å². The van der Waals surface area contributed by atoms with E-state index in [2.05, 4.69) is 10.2 Å². The number of amides is 2. The van der Waals surface area contributed by atoms with Crippen LogP contribution in [0.25, 0.3) is 11.1 Å². The van der Waals surface area contributed by atoms with Gasteiger partial charge < -0.3 is 20.2 Å². The molecule has 0 spiro atoms. The topological polar surface area (TPSA) is 55.8 Å². The molecule has 0 aromatic heterocycles. The van der Waals surface area contributed by atoms with Crippen molar-refractivity contribution < 1.29 is 14.3 Å². The maximum Gasteiger partial charge on any atom is 0.318 e. The minimum absolute atomic E-state index is 0.00659. The number of aliphatic hydroxyl groups excluding tert-OH is 1.